The minimum absolute atomic E-state index is 0.207. The van der Waals surface area contributed by atoms with Gasteiger partial charge in [0.25, 0.3) is 5.91 Å². The van der Waals surface area contributed by atoms with Crippen LogP contribution in [0.5, 0.6) is 0 Å². The Hall–Kier alpha value is -1.85. The van der Waals surface area contributed by atoms with Crippen molar-refractivity contribution >= 4 is 23.2 Å². The summed E-state index contributed by atoms with van der Waals surface area (Å²) in [4.78, 5) is 16.2. The Kier molecular flexibility index (Phi) is 4.98. The number of amides is 1. The van der Waals surface area contributed by atoms with Crippen molar-refractivity contribution in [2.75, 3.05) is 5.32 Å². The molecule has 6 heteroatoms. The highest BCUT2D eigenvalue weighted by molar-refractivity contribution is 6.30. The van der Waals surface area contributed by atoms with Crippen LogP contribution in [0.3, 0.4) is 0 Å². The first-order valence-corrected chi connectivity index (χ1v) is 7.17. The highest BCUT2D eigenvalue weighted by atomic mass is 35.5. The Balaban J connectivity index is 2.06. The van der Waals surface area contributed by atoms with E-state index in [1.165, 1.54) is 6.26 Å². The number of carbonyl (C=O) groups is 1. The predicted octanol–water partition coefficient (Wildman–Crippen LogP) is 3.63. The van der Waals surface area contributed by atoms with Gasteiger partial charge in [-0.2, -0.15) is 0 Å². The van der Waals surface area contributed by atoms with Gasteiger partial charge in [0.1, 0.15) is 6.26 Å². The number of anilines is 1. The molecule has 0 aliphatic heterocycles. The lowest BCUT2D eigenvalue weighted by Crippen LogP contribution is -2.19. The number of nitrogens with zero attached hydrogens (tertiary/aromatic N) is 1. The molecule has 0 bridgehead atoms. The van der Waals surface area contributed by atoms with Crippen LogP contribution in [0.1, 0.15) is 42.7 Å². The summed E-state index contributed by atoms with van der Waals surface area (Å²) in [6.45, 7) is 4.06. The fraction of sp³-hybridized carbons (Fsp3) is 0.333. The number of nitrogens with one attached hydrogen (secondary N) is 1. The third kappa shape index (κ3) is 3.83. The maximum atomic E-state index is 12.1. The zero-order valence-electron chi connectivity index (χ0n) is 12.0. The van der Waals surface area contributed by atoms with Gasteiger partial charge in [-0.3, -0.25) is 4.79 Å². The van der Waals surface area contributed by atoms with Gasteiger partial charge in [0.15, 0.2) is 5.69 Å². The third-order valence-electron chi connectivity index (χ3n) is 3.40. The van der Waals surface area contributed by atoms with Crippen LogP contribution in [-0.2, 0) is 0 Å². The van der Waals surface area contributed by atoms with E-state index in [0.717, 1.165) is 6.42 Å². The molecule has 2 unspecified atom stereocenters. The Bertz CT molecular complexity index is 610. The standard InChI is InChI=1S/C15H18ClN3O2/c1-3-9(2)13(17)15-19-12(8-21-15)14(20)18-11-6-4-10(16)5-7-11/h4-9,13H,3,17H2,1-2H3,(H,18,20). The molecule has 2 rings (SSSR count). The second-order valence-electron chi connectivity index (χ2n) is 4.94. The van der Waals surface area contributed by atoms with Gasteiger partial charge < -0.3 is 15.5 Å². The van der Waals surface area contributed by atoms with E-state index >= 15 is 0 Å². The summed E-state index contributed by atoms with van der Waals surface area (Å²) < 4.78 is 5.31. The van der Waals surface area contributed by atoms with Crippen molar-refractivity contribution in [1.82, 2.24) is 4.98 Å². The van der Waals surface area contributed by atoms with Crippen LogP contribution in [0.2, 0.25) is 5.02 Å². The Morgan fingerprint density at radius 1 is 1.43 bits per heavy atom. The van der Waals surface area contributed by atoms with Crippen molar-refractivity contribution in [2.24, 2.45) is 11.7 Å². The molecule has 21 heavy (non-hydrogen) atoms. The molecule has 1 aromatic carbocycles. The van der Waals surface area contributed by atoms with E-state index in [1.807, 2.05) is 13.8 Å². The van der Waals surface area contributed by atoms with E-state index in [0.29, 0.717) is 16.6 Å². The van der Waals surface area contributed by atoms with Gasteiger partial charge in [-0.15, -0.1) is 0 Å². The first-order valence-electron chi connectivity index (χ1n) is 6.79. The number of oxazole rings is 1. The first kappa shape index (κ1) is 15.5. The minimum Gasteiger partial charge on any atom is -0.446 e. The number of benzene rings is 1. The van der Waals surface area contributed by atoms with E-state index in [9.17, 15) is 4.79 Å². The smallest absolute Gasteiger partial charge is 0.277 e. The van der Waals surface area contributed by atoms with Crippen LogP contribution in [0.25, 0.3) is 0 Å². The number of aromatic nitrogens is 1. The molecule has 3 N–H and O–H groups in total. The lowest BCUT2D eigenvalue weighted by Gasteiger charge is -2.13. The lowest BCUT2D eigenvalue weighted by molar-refractivity contribution is 0.102. The number of hydrogen-bond donors (Lipinski definition) is 2. The molecule has 2 aromatic rings. The number of carbonyl (C=O) groups excluding carboxylic acids is 1. The lowest BCUT2D eigenvalue weighted by atomic mass is 10.0. The zero-order valence-corrected chi connectivity index (χ0v) is 12.7. The molecule has 0 radical (unpaired) electrons. The van der Waals surface area contributed by atoms with E-state index in [2.05, 4.69) is 10.3 Å². The average molecular weight is 308 g/mol. The van der Waals surface area contributed by atoms with Crippen LogP contribution in [0.15, 0.2) is 34.9 Å². The molecular weight excluding hydrogens is 290 g/mol. The Labute approximate surface area is 128 Å². The molecule has 1 amide bonds. The Morgan fingerprint density at radius 3 is 2.71 bits per heavy atom. The summed E-state index contributed by atoms with van der Waals surface area (Å²) in [5.41, 5.74) is 6.88. The van der Waals surface area contributed by atoms with Gasteiger partial charge in [0, 0.05) is 10.7 Å². The summed E-state index contributed by atoms with van der Waals surface area (Å²) in [7, 11) is 0. The SMILES string of the molecule is CCC(C)C(N)c1nc(C(=O)Nc2ccc(Cl)cc2)co1. The average Bonchev–Trinajstić information content (AvgIpc) is 2.98. The number of hydrogen-bond acceptors (Lipinski definition) is 4. The topological polar surface area (TPSA) is 81.1 Å². The fourth-order valence-corrected chi connectivity index (χ4v) is 1.90. The molecule has 0 fully saturated rings. The van der Waals surface area contributed by atoms with E-state index < -0.39 is 0 Å². The Morgan fingerprint density at radius 2 is 2.10 bits per heavy atom. The van der Waals surface area contributed by atoms with E-state index in [1.54, 1.807) is 24.3 Å². The summed E-state index contributed by atoms with van der Waals surface area (Å²) in [6, 6.07) is 6.51. The minimum atomic E-state index is -0.344. The normalized spacial score (nSPS) is 13.7. The van der Waals surface area contributed by atoms with Crippen LogP contribution >= 0.6 is 11.6 Å². The highest BCUT2D eigenvalue weighted by Gasteiger charge is 2.20. The molecule has 0 aliphatic carbocycles. The second-order valence-corrected chi connectivity index (χ2v) is 5.38. The third-order valence-corrected chi connectivity index (χ3v) is 3.65. The monoisotopic (exact) mass is 307 g/mol. The number of nitrogens with two attached hydrogens (primary N) is 1. The van der Waals surface area contributed by atoms with Crippen molar-refractivity contribution in [2.45, 2.75) is 26.3 Å². The summed E-state index contributed by atoms with van der Waals surface area (Å²) >= 11 is 5.79. The maximum Gasteiger partial charge on any atom is 0.277 e. The molecular formula is C15H18ClN3O2. The van der Waals surface area contributed by atoms with E-state index in [4.69, 9.17) is 21.8 Å². The van der Waals surface area contributed by atoms with Gasteiger partial charge in [0.05, 0.1) is 6.04 Å². The van der Waals surface area contributed by atoms with Crippen molar-refractivity contribution in [1.29, 1.82) is 0 Å². The molecule has 0 aliphatic rings. The van der Waals surface area contributed by atoms with Crippen molar-refractivity contribution < 1.29 is 9.21 Å². The largest absolute Gasteiger partial charge is 0.446 e. The van der Waals surface area contributed by atoms with Gasteiger partial charge >= 0.3 is 0 Å². The molecule has 5 nitrogen and oxygen atoms in total. The first-order chi connectivity index (χ1) is 10.0. The molecule has 0 spiro atoms. The molecule has 0 saturated carbocycles. The molecule has 112 valence electrons. The summed E-state index contributed by atoms with van der Waals surface area (Å²) in [6.07, 6.45) is 2.23. The second kappa shape index (κ2) is 6.74. The number of rotatable bonds is 5. The van der Waals surface area contributed by atoms with Gasteiger partial charge in [-0.05, 0) is 30.2 Å². The fourth-order valence-electron chi connectivity index (χ4n) is 1.77. The predicted molar refractivity (Wildman–Crippen MR) is 82.3 cm³/mol. The zero-order chi connectivity index (χ0) is 15.4. The van der Waals surface area contributed by atoms with Crippen LogP contribution in [-0.4, -0.2) is 10.9 Å². The molecule has 0 saturated heterocycles. The van der Waals surface area contributed by atoms with E-state index in [-0.39, 0.29) is 23.6 Å². The molecule has 1 aromatic heterocycles. The van der Waals surface area contributed by atoms with Crippen LogP contribution < -0.4 is 11.1 Å². The van der Waals surface area contributed by atoms with Crippen LogP contribution in [0.4, 0.5) is 5.69 Å². The van der Waals surface area contributed by atoms with Crippen molar-refractivity contribution in [3.63, 3.8) is 0 Å². The quantitative estimate of drug-likeness (QED) is 0.884. The van der Waals surface area contributed by atoms with Gasteiger partial charge in [0.2, 0.25) is 5.89 Å². The van der Waals surface area contributed by atoms with Crippen molar-refractivity contribution in [3.8, 4) is 0 Å². The van der Waals surface area contributed by atoms with Crippen molar-refractivity contribution in [3.05, 3.63) is 47.1 Å². The van der Waals surface area contributed by atoms with Gasteiger partial charge in [-0.25, -0.2) is 4.98 Å². The molecule has 2 atom stereocenters. The van der Waals surface area contributed by atoms with Crippen LogP contribution in [0, 0.1) is 5.92 Å². The highest BCUT2D eigenvalue weighted by Crippen LogP contribution is 2.21. The number of halogens is 1. The summed E-state index contributed by atoms with van der Waals surface area (Å²) in [5, 5.41) is 3.33. The maximum absolute atomic E-state index is 12.1. The van der Waals surface area contributed by atoms with Gasteiger partial charge in [-0.1, -0.05) is 31.9 Å². The summed E-state index contributed by atoms with van der Waals surface area (Å²) in [5.74, 6) is 0.269. The molecule has 1 heterocycles.